The number of alkyl halides is 2. The molecule has 0 bridgehead atoms. The highest BCUT2D eigenvalue weighted by atomic mass is 19.3. The quantitative estimate of drug-likeness (QED) is 0.816. The van der Waals surface area contributed by atoms with Crippen LogP contribution in [-0.4, -0.2) is 19.7 Å². The number of halogens is 2. The first kappa shape index (κ1) is 14.9. The molecule has 1 aromatic carbocycles. The maximum atomic E-state index is 12.3. The van der Waals surface area contributed by atoms with Gasteiger partial charge in [0.25, 0.3) is 0 Å². The third kappa shape index (κ3) is 3.89. The summed E-state index contributed by atoms with van der Waals surface area (Å²) < 4.78 is 33.4. The molecule has 0 fully saturated rings. The number of hydrogen-bond donors (Lipinski definition) is 1. The third-order valence-corrected chi connectivity index (χ3v) is 2.41. The van der Waals surface area contributed by atoms with Crippen molar-refractivity contribution in [2.45, 2.75) is 19.6 Å². The van der Waals surface area contributed by atoms with E-state index < -0.39 is 12.6 Å². The Bertz CT molecular complexity index is 512. The number of carbonyl (C=O) groups is 1. The second-order valence-electron chi connectivity index (χ2n) is 3.56. The third-order valence-electron chi connectivity index (χ3n) is 2.41. The van der Waals surface area contributed by atoms with E-state index in [0.29, 0.717) is 5.56 Å². The maximum Gasteiger partial charge on any atom is 0.387 e. The second-order valence-corrected chi connectivity index (χ2v) is 3.56. The van der Waals surface area contributed by atoms with E-state index in [-0.39, 0.29) is 29.8 Å². The molecule has 0 saturated heterocycles. The van der Waals surface area contributed by atoms with E-state index in [1.165, 1.54) is 19.2 Å². The second kappa shape index (κ2) is 6.66. The first-order valence-corrected chi connectivity index (χ1v) is 5.29. The van der Waals surface area contributed by atoms with E-state index in [2.05, 4.69) is 9.47 Å². The van der Waals surface area contributed by atoms with Gasteiger partial charge in [-0.15, -0.1) is 0 Å². The molecule has 1 rings (SSSR count). The molecule has 102 valence electrons. The molecule has 1 aromatic rings. The van der Waals surface area contributed by atoms with E-state index in [1.807, 2.05) is 6.07 Å². The van der Waals surface area contributed by atoms with Gasteiger partial charge >= 0.3 is 12.6 Å². The van der Waals surface area contributed by atoms with Gasteiger partial charge in [-0.3, -0.25) is 4.79 Å². The van der Waals surface area contributed by atoms with Crippen molar-refractivity contribution in [3.8, 4) is 11.8 Å². The fraction of sp³-hybridized carbons (Fsp3) is 0.333. The molecule has 0 spiro atoms. The van der Waals surface area contributed by atoms with E-state index in [1.54, 1.807) is 0 Å². The summed E-state index contributed by atoms with van der Waals surface area (Å²) in [6.07, 6.45) is -0.266. The van der Waals surface area contributed by atoms with Crippen molar-refractivity contribution in [3.05, 3.63) is 28.8 Å². The van der Waals surface area contributed by atoms with Crippen molar-refractivity contribution in [1.82, 2.24) is 0 Å². The molecule has 0 atom stereocenters. The van der Waals surface area contributed by atoms with Crippen LogP contribution in [0.15, 0.2) is 12.1 Å². The Morgan fingerprint density at radius 3 is 2.63 bits per heavy atom. The van der Waals surface area contributed by atoms with Crippen LogP contribution in [0.25, 0.3) is 0 Å². The monoisotopic (exact) mass is 270 g/mol. The number of carbonyl (C=O) groups excluding carboxylic acids is 1. The fourth-order valence-electron chi connectivity index (χ4n) is 1.51. The van der Waals surface area contributed by atoms with Crippen LogP contribution < -0.4 is 10.5 Å². The van der Waals surface area contributed by atoms with Gasteiger partial charge in [-0.05, 0) is 17.7 Å². The minimum atomic E-state index is -3.03. The SMILES string of the molecule is COC(=O)Cc1cc(C#N)c(CN)cc1OC(F)F. The van der Waals surface area contributed by atoms with Crippen molar-refractivity contribution in [1.29, 1.82) is 5.26 Å². The van der Waals surface area contributed by atoms with Gasteiger partial charge in [0.1, 0.15) is 5.75 Å². The van der Waals surface area contributed by atoms with E-state index in [0.717, 1.165) is 0 Å². The first-order chi connectivity index (χ1) is 9.01. The van der Waals surface area contributed by atoms with Crippen LogP contribution in [0.3, 0.4) is 0 Å². The summed E-state index contributed by atoms with van der Waals surface area (Å²) in [4.78, 5) is 11.2. The van der Waals surface area contributed by atoms with Crippen LogP contribution in [0.5, 0.6) is 5.75 Å². The fourth-order valence-corrected chi connectivity index (χ4v) is 1.51. The minimum absolute atomic E-state index is 0.000988. The summed E-state index contributed by atoms with van der Waals surface area (Å²) >= 11 is 0. The van der Waals surface area contributed by atoms with Crippen molar-refractivity contribution in [2.75, 3.05) is 7.11 Å². The molecule has 0 heterocycles. The lowest BCUT2D eigenvalue weighted by Gasteiger charge is -2.12. The van der Waals surface area contributed by atoms with Crippen molar-refractivity contribution < 1.29 is 23.0 Å². The molecule has 0 amide bonds. The Labute approximate surface area is 108 Å². The first-order valence-electron chi connectivity index (χ1n) is 5.29. The number of rotatable bonds is 5. The van der Waals surface area contributed by atoms with E-state index in [4.69, 9.17) is 11.0 Å². The van der Waals surface area contributed by atoms with Gasteiger partial charge in [0.2, 0.25) is 0 Å². The zero-order valence-electron chi connectivity index (χ0n) is 10.2. The van der Waals surface area contributed by atoms with Crippen molar-refractivity contribution in [2.24, 2.45) is 5.73 Å². The van der Waals surface area contributed by atoms with Gasteiger partial charge in [0.05, 0.1) is 25.2 Å². The smallest absolute Gasteiger partial charge is 0.387 e. The molecular formula is C12H12F2N2O3. The van der Waals surface area contributed by atoms with Crippen LogP contribution in [0.4, 0.5) is 8.78 Å². The molecule has 5 nitrogen and oxygen atoms in total. The Balaban J connectivity index is 3.23. The molecule has 0 radical (unpaired) electrons. The lowest BCUT2D eigenvalue weighted by molar-refractivity contribution is -0.139. The van der Waals surface area contributed by atoms with Crippen LogP contribution in [-0.2, 0) is 22.5 Å². The summed E-state index contributed by atoms with van der Waals surface area (Å²) in [6.45, 7) is -3.03. The molecule has 0 unspecified atom stereocenters. The Hall–Kier alpha value is -2.20. The predicted molar refractivity (Wildman–Crippen MR) is 61.4 cm³/mol. The number of hydrogen-bond acceptors (Lipinski definition) is 5. The molecule has 0 saturated carbocycles. The normalized spacial score (nSPS) is 10.1. The lowest BCUT2D eigenvalue weighted by Crippen LogP contribution is -2.11. The molecule has 0 aliphatic rings. The average molecular weight is 270 g/mol. The van der Waals surface area contributed by atoms with Gasteiger partial charge in [-0.25, -0.2) is 0 Å². The van der Waals surface area contributed by atoms with Gasteiger partial charge in [-0.2, -0.15) is 14.0 Å². The summed E-state index contributed by atoms with van der Waals surface area (Å²) in [6, 6.07) is 4.43. The molecular weight excluding hydrogens is 258 g/mol. The van der Waals surface area contributed by atoms with Gasteiger partial charge < -0.3 is 15.2 Å². The molecule has 19 heavy (non-hydrogen) atoms. The van der Waals surface area contributed by atoms with Crippen LogP contribution in [0.2, 0.25) is 0 Å². The van der Waals surface area contributed by atoms with Crippen molar-refractivity contribution in [3.63, 3.8) is 0 Å². The highest BCUT2D eigenvalue weighted by Crippen LogP contribution is 2.26. The number of benzene rings is 1. The zero-order valence-corrected chi connectivity index (χ0v) is 10.2. The number of methoxy groups -OCH3 is 1. The number of nitriles is 1. The standard InChI is InChI=1S/C12H12F2N2O3/c1-18-11(17)4-7-2-8(5-15)9(6-16)3-10(7)19-12(13)14/h2-3,12H,4,6,16H2,1H3. The Morgan fingerprint density at radius 2 is 2.16 bits per heavy atom. The molecule has 2 N–H and O–H groups in total. The summed E-state index contributed by atoms with van der Waals surface area (Å²) in [5, 5.41) is 8.93. The summed E-state index contributed by atoms with van der Waals surface area (Å²) in [5.41, 5.74) is 6.15. The largest absolute Gasteiger partial charge is 0.469 e. The zero-order chi connectivity index (χ0) is 14.4. The average Bonchev–Trinajstić information content (AvgIpc) is 2.39. The highest BCUT2D eigenvalue weighted by molar-refractivity contribution is 5.74. The van der Waals surface area contributed by atoms with Gasteiger partial charge in [-0.1, -0.05) is 0 Å². The van der Waals surface area contributed by atoms with Gasteiger partial charge in [0, 0.05) is 12.1 Å². The Kier molecular flexibility index (Phi) is 5.21. The van der Waals surface area contributed by atoms with Crippen molar-refractivity contribution >= 4 is 5.97 Å². The molecule has 0 aliphatic heterocycles. The van der Waals surface area contributed by atoms with Gasteiger partial charge in [0.15, 0.2) is 0 Å². The highest BCUT2D eigenvalue weighted by Gasteiger charge is 2.16. The van der Waals surface area contributed by atoms with Crippen LogP contribution >= 0.6 is 0 Å². The maximum absolute atomic E-state index is 12.3. The van der Waals surface area contributed by atoms with E-state index in [9.17, 15) is 13.6 Å². The number of nitrogens with two attached hydrogens (primary N) is 1. The lowest BCUT2D eigenvalue weighted by atomic mass is 10.0. The number of ether oxygens (including phenoxy) is 2. The van der Waals surface area contributed by atoms with E-state index >= 15 is 0 Å². The predicted octanol–water partition coefficient (Wildman–Crippen LogP) is 1.33. The topological polar surface area (TPSA) is 85.3 Å². The number of esters is 1. The number of nitrogens with zero attached hydrogens (tertiary/aromatic N) is 1. The molecule has 0 aliphatic carbocycles. The van der Waals surface area contributed by atoms with Crippen LogP contribution in [0, 0.1) is 11.3 Å². The summed E-state index contributed by atoms with van der Waals surface area (Å²) in [5.74, 6) is -0.802. The molecule has 7 heteroatoms. The molecule has 0 aromatic heterocycles. The summed E-state index contributed by atoms with van der Waals surface area (Å²) in [7, 11) is 1.18. The Morgan fingerprint density at radius 1 is 1.47 bits per heavy atom. The minimum Gasteiger partial charge on any atom is -0.469 e. The van der Waals surface area contributed by atoms with Crippen LogP contribution in [0.1, 0.15) is 16.7 Å².